The normalized spacial score (nSPS) is 24.4. The lowest BCUT2D eigenvalue weighted by molar-refractivity contribution is -0.122. The van der Waals surface area contributed by atoms with Gasteiger partial charge in [-0.2, -0.15) is 0 Å². The second kappa shape index (κ2) is 5.24. The largest absolute Gasteiger partial charge is 0.369 e. The molecule has 0 unspecified atom stereocenters. The maximum absolute atomic E-state index is 13.2. The first-order chi connectivity index (χ1) is 8.45. The Bertz CT molecular complexity index is 446. The third-order valence-electron chi connectivity index (χ3n) is 3.38. The molecule has 3 nitrogen and oxygen atoms in total. The molecule has 1 aliphatic rings. The van der Waals surface area contributed by atoms with Crippen LogP contribution in [0.2, 0.25) is 5.02 Å². The van der Waals surface area contributed by atoms with E-state index in [1.165, 1.54) is 12.1 Å². The number of halogens is 2. The Balaban J connectivity index is 2.05. The number of carbonyl (C=O) groups is 1. The van der Waals surface area contributed by atoms with Gasteiger partial charge in [-0.25, -0.2) is 4.39 Å². The highest BCUT2D eigenvalue weighted by Crippen LogP contribution is 2.25. The van der Waals surface area contributed by atoms with Crippen molar-refractivity contribution in [2.24, 2.45) is 17.6 Å². The summed E-state index contributed by atoms with van der Waals surface area (Å²) in [6.45, 7) is 4.02. The van der Waals surface area contributed by atoms with E-state index in [1.54, 1.807) is 6.07 Å². The summed E-state index contributed by atoms with van der Waals surface area (Å²) in [4.78, 5) is 13.3. The van der Waals surface area contributed by atoms with Gasteiger partial charge in [0.05, 0.1) is 5.92 Å². The van der Waals surface area contributed by atoms with Crippen LogP contribution >= 0.6 is 11.6 Å². The number of likely N-dealkylation sites (tertiary alicyclic amines) is 1. The zero-order chi connectivity index (χ0) is 13.3. The minimum absolute atomic E-state index is 0.117. The molecule has 98 valence electrons. The molecule has 1 aromatic carbocycles. The standard InChI is InChI=1S/C13H16ClFN2O/c1-8-5-17(7-12(8)13(16)18)6-9-2-10(14)4-11(15)3-9/h2-4,8,12H,5-7H2,1H3,(H2,16,18)/t8-,12-/m1/s1. The minimum atomic E-state index is -0.337. The predicted molar refractivity (Wildman–Crippen MR) is 68.5 cm³/mol. The first kappa shape index (κ1) is 13.3. The molecule has 0 bridgehead atoms. The van der Waals surface area contributed by atoms with Gasteiger partial charge >= 0.3 is 0 Å². The summed E-state index contributed by atoms with van der Waals surface area (Å²) in [7, 11) is 0. The topological polar surface area (TPSA) is 46.3 Å². The van der Waals surface area contributed by atoms with Crippen LogP contribution in [0.3, 0.4) is 0 Å². The fraction of sp³-hybridized carbons (Fsp3) is 0.462. The molecule has 0 aliphatic carbocycles. The Morgan fingerprint density at radius 2 is 2.22 bits per heavy atom. The number of primary amides is 1. The third kappa shape index (κ3) is 3.00. The molecular weight excluding hydrogens is 255 g/mol. The second-order valence-electron chi connectivity index (χ2n) is 4.96. The summed E-state index contributed by atoms with van der Waals surface area (Å²) in [5.74, 6) is -0.473. The molecule has 1 saturated heterocycles. The highest BCUT2D eigenvalue weighted by atomic mass is 35.5. The monoisotopic (exact) mass is 270 g/mol. The van der Waals surface area contributed by atoms with Crippen LogP contribution < -0.4 is 5.73 Å². The lowest BCUT2D eigenvalue weighted by Crippen LogP contribution is -2.29. The van der Waals surface area contributed by atoms with E-state index >= 15 is 0 Å². The average Bonchev–Trinajstić information content (AvgIpc) is 2.57. The van der Waals surface area contributed by atoms with Gasteiger partial charge in [-0.15, -0.1) is 0 Å². The molecule has 1 fully saturated rings. The van der Waals surface area contributed by atoms with Crippen LogP contribution in [0.15, 0.2) is 18.2 Å². The number of hydrogen-bond donors (Lipinski definition) is 1. The van der Waals surface area contributed by atoms with Gasteiger partial charge in [0, 0.05) is 24.7 Å². The third-order valence-corrected chi connectivity index (χ3v) is 3.60. The summed E-state index contributed by atoms with van der Waals surface area (Å²) in [5, 5.41) is 0.392. The number of benzene rings is 1. The minimum Gasteiger partial charge on any atom is -0.369 e. The Labute approximate surface area is 111 Å². The van der Waals surface area contributed by atoms with Crippen molar-refractivity contribution in [1.29, 1.82) is 0 Å². The first-order valence-electron chi connectivity index (χ1n) is 5.92. The van der Waals surface area contributed by atoms with Crippen molar-refractivity contribution >= 4 is 17.5 Å². The molecule has 0 aromatic heterocycles. The molecule has 2 N–H and O–H groups in total. The zero-order valence-electron chi connectivity index (χ0n) is 10.2. The molecule has 1 heterocycles. The SMILES string of the molecule is C[C@@H]1CN(Cc2cc(F)cc(Cl)c2)C[C@H]1C(N)=O. The Morgan fingerprint density at radius 3 is 2.78 bits per heavy atom. The summed E-state index contributed by atoms with van der Waals surface area (Å²) >= 11 is 5.81. The molecule has 1 aromatic rings. The van der Waals surface area contributed by atoms with E-state index in [0.717, 1.165) is 12.1 Å². The van der Waals surface area contributed by atoms with Crippen molar-refractivity contribution in [3.8, 4) is 0 Å². The van der Waals surface area contributed by atoms with E-state index in [1.807, 2.05) is 6.92 Å². The maximum Gasteiger partial charge on any atom is 0.222 e. The van der Waals surface area contributed by atoms with Crippen molar-refractivity contribution in [2.75, 3.05) is 13.1 Å². The van der Waals surface area contributed by atoms with Gasteiger partial charge in [-0.3, -0.25) is 9.69 Å². The van der Waals surface area contributed by atoms with Gasteiger partial charge in [0.25, 0.3) is 0 Å². The van der Waals surface area contributed by atoms with E-state index in [9.17, 15) is 9.18 Å². The molecule has 2 atom stereocenters. The van der Waals surface area contributed by atoms with Crippen LogP contribution in [-0.2, 0) is 11.3 Å². The number of nitrogens with zero attached hydrogens (tertiary/aromatic N) is 1. The summed E-state index contributed by atoms with van der Waals surface area (Å²) in [5.41, 5.74) is 6.16. The smallest absolute Gasteiger partial charge is 0.222 e. The van der Waals surface area contributed by atoms with Crippen molar-refractivity contribution in [2.45, 2.75) is 13.5 Å². The number of hydrogen-bond acceptors (Lipinski definition) is 2. The molecule has 1 aliphatic heterocycles. The molecule has 1 amide bonds. The molecular formula is C13H16ClFN2O. The highest BCUT2D eigenvalue weighted by molar-refractivity contribution is 6.30. The van der Waals surface area contributed by atoms with Crippen LogP contribution in [-0.4, -0.2) is 23.9 Å². The number of carbonyl (C=O) groups excluding carboxylic acids is 1. The van der Waals surface area contributed by atoms with Crippen LogP contribution in [0.5, 0.6) is 0 Å². The van der Waals surface area contributed by atoms with E-state index in [2.05, 4.69) is 4.90 Å². The Hall–Kier alpha value is -1.13. The molecule has 18 heavy (non-hydrogen) atoms. The highest BCUT2D eigenvalue weighted by Gasteiger charge is 2.33. The van der Waals surface area contributed by atoms with Crippen LogP contribution in [0.1, 0.15) is 12.5 Å². The maximum atomic E-state index is 13.2. The van der Waals surface area contributed by atoms with Gasteiger partial charge < -0.3 is 5.73 Å². The van der Waals surface area contributed by atoms with Crippen LogP contribution in [0.25, 0.3) is 0 Å². The van der Waals surface area contributed by atoms with Crippen molar-refractivity contribution in [3.05, 3.63) is 34.6 Å². The molecule has 0 radical (unpaired) electrons. The Morgan fingerprint density at radius 1 is 1.50 bits per heavy atom. The number of nitrogens with two attached hydrogens (primary N) is 1. The molecule has 5 heteroatoms. The van der Waals surface area contributed by atoms with E-state index < -0.39 is 0 Å². The summed E-state index contributed by atoms with van der Waals surface area (Å²) in [6, 6.07) is 4.49. The van der Waals surface area contributed by atoms with Gasteiger partial charge in [0.15, 0.2) is 0 Å². The van der Waals surface area contributed by atoms with Crippen LogP contribution in [0.4, 0.5) is 4.39 Å². The van der Waals surface area contributed by atoms with E-state index in [-0.39, 0.29) is 23.6 Å². The quantitative estimate of drug-likeness (QED) is 0.914. The van der Waals surface area contributed by atoms with Crippen molar-refractivity contribution in [1.82, 2.24) is 4.90 Å². The number of rotatable bonds is 3. The van der Waals surface area contributed by atoms with Gasteiger partial charge in [0.1, 0.15) is 5.82 Å². The lowest BCUT2D eigenvalue weighted by Gasteiger charge is -2.15. The molecule has 0 saturated carbocycles. The summed E-state index contributed by atoms with van der Waals surface area (Å²) < 4.78 is 13.2. The van der Waals surface area contributed by atoms with Crippen molar-refractivity contribution in [3.63, 3.8) is 0 Å². The Kier molecular flexibility index (Phi) is 3.88. The summed E-state index contributed by atoms with van der Waals surface area (Å²) in [6.07, 6.45) is 0. The first-order valence-corrected chi connectivity index (χ1v) is 6.30. The van der Waals surface area contributed by atoms with Crippen LogP contribution in [0, 0.1) is 17.7 Å². The zero-order valence-corrected chi connectivity index (χ0v) is 11.0. The van der Waals surface area contributed by atoms with Gasteiger partial charge in [-0.1, -0.05) is 18.5 Å². The number of amides is 1. The second-order valence-corrected chi connectivity index (χ2v) is 5.39. The van der Waals surface area contributed by atoms with Crippen molar-refractivity contribution < 1.29 is 9.18 Å². The van der Waals surface area contributed by atoms with E-state index in [4.69, 9.17) is 17.3 Å². The molecule has 0 spiro atoms. The van der Waals surface area contributed by atoms with Gasteiger partial charge in [-0.05, 0) is 29.7 Å². The average molecular weight is 271 g/mol. The van der Waals surface area contributed by atoms with E-state index in [0.29, 0.717) is 18.1 Å². The fourth-order valence-corrected chi connectivity index (χ4v) is 2.77. The fourth-order valence-electron chi connectivity index (χ4n) is 2.53. The lowest BCUT2D eigenvalue weighted by atomic mass is 9.98. The predicted octanol–water partition coefficient (Wildman–Crippen LogP) is 2.03. The van der Waals surface area contributed by atoms with Gasteiger partial charge in [0.2, 0.25) is 5.91 Å². The molecule has 2 rings (SSSR count).